The van der Waals surface area contributed by atoms with Crippen LogP contribution >= 0.6 is 0 Å². The van der Waals surface area contributed by atoms with Crippen LogP contribution in [0.2, 0.25) is 0 Å². The maximum absolute atomic E-state index is 11.8. The minimum atomic E-state index is -0.144. The van der Waals surface area contributed by atoms with Gasteiger partial charge in [0.1, 0.15) is 11.5 Å². The lowest BCUT2D eigenvalue weighted by molar-refractivity contribution is 0.0945. The van der Waals surface area contributed by atoms with Crippen molar-refractivity contribution in [1.29, 1.82) is 0 Å². The minimum Gasteiger partial charge on any atom is -0.382 e. The second-order valence-corrected chi connectivity index (χ2v) is 5.59. The Morgan fingerprint density at radius 1 is 1.50 bits per heavy atom. The number of amides is 1. The molecular weight excluding hydrogens is 254 g/mol. The molecule has 2 rings (SSSR count). The van der Waals surface area contributed by atoms with E-state index in [1.54, 1.807) is 6.07 Å². The number of rotatable bonds is 6. The fourth-order valence-electron chi connectivity index (χ4n) is 2.78. The maximum Gasteiger partial charge on any atom is 0.269 e. The van der Waals surface area contributed by atoms with E-state index < -0.39 is 0 Å². The van der Waals surface area contributed by atoms with Crippen LogP contribution < -0.4 is 11.1 Å². The van der Waals surface area contributed by atoms with Crippen molar-refractivity contribution < 1.29 is 4.79 Å². The number of carbonyl (C=O) groups is 1. The Morgan fingerprint density at radius 3 is 2.90 bits per heavy atom. The molecule has 20 heavy (non-hydrogen) atoms. The van der Waals surface area contributed by atoms with Gasteiger partial charge in [-0.1, -0.05) is 19.3 Å². The van der Waals surface area contributed by atoms with Crippen LogP contribution in [0.5, 0.6) is 0 Å². The molecule has 0 aromatic carbocycles. The fourth-order valence-corrected chi connectivity index (χ4v) is 2.78. The molecule has 1 heterocycles. The van der Waals surface area contributed by atoms with Crippen LogP contribution in [0.15, 0.2) is 6.07 Å². The van der Waals surface area contributed by atoms with E-state index in [0.29, 0.717) is 18.1 Å². The highest BCUT2D eigenvalue weighted by Gasteiger charge is 2.17. The highest BCUT2D eigenvalue weighted by atomic mass is 16.1. The molecule has 0 atom stereocenters. The van der Waals surface area contributed by atoms with Gasteiger partial charge < -0.3 is 16.0 Å². The Hall–Kier alpha value is -1.56. The van der Waals surface area contributed by atoms with Crippen molar-refractivity contribution in [2.24, 2.45) is 0 Å². The van der Waals surface area contributed by atoms with E-state index in [1.807, 2.05) is 0 Å². The van der Waals surface area contributed by atoms with Gasteiger partial charge in [-0.05, 0) is 32.9 Å². The molecule has 0 aliphatic heterocycles. The zero-order chi connectivity index (χ0) is 14.4. The first-order chi connectivity index (χ1) is 9.66. The van der Waals surface area contributed by atoms with E-state index in [0.717, 1.165) is 19.0 Å². The Labute approximate surface area is 120 Å². The summed E-state index contributed by atoms with van der Waals surface area (Å²) in [5.74, 6) is 0.196. The Kier molecular flexibility index (Phi) is 5.40. The Bertz CT molecular complexity index is 425. The molecule has 4 N–H and O–H groups in total. The number of hydrogen-bond acceptors (Lipinski definition) is 4. The number of aromatic nitrogens is 2. The number of nitrogens with one attached hydrogen (secondary N) is 2. The normalized spacial score (nSPS) is 16.5. The summed E-state index contributed by atoms with van der Waals surface area (Å²) in [6, 6.07) is 2.27. The number of aromatic amines is 1. The largest absolute Gasteiger partial charge is 0.382 e. The third kappa shape index (κ3) is 4.23. The van der Waals surface area contributed by atoms with Crippen LogP contribution in [0.1, 0.15) is 49.0 Å². The summed E-state index contributed by atoms with van der Waals surface area (Å²) < 4.78 is 0. The molecule has 0 unspecified atom stereocenters. The smallest absolute Gasteiger partial charge is 0.269 e. The first-order valence-electron chi connectivity index (χ1n) is 7.46. The van der Waals surface area contributed by atoms with Gasteiger partial charge in [0.2, 0.25) is 0 Å². The van der Waals surface area contributed by atoms with Crippen molar-refractivity contribution in [3.63, 3.8) is 0 Å². The Balaban J connectivity index is 1.62. The maximum atomic E-state index is 11.8. The van der Waals surface area contributed by atoms with Gasteiger partial charge in [-0.3, -0.25) is 9.89 Å². The molecule has 1 saturated carbocycles. The molecule has 0 spiro atoms. The SMILES string of the molecule is CN(CCCNC(=O)c1cc(N)n[nH]1)C1CCCCC1. The van der Waals surface area contributed by atoms with Gasteiger partial charge in [-0.25, -0.2) is 0 Å². The van der Waals surface area contributed by atoms with Crippen LogP contribution in [0.3, 0.4) is 0 Å². The van der Waals surface area contributed by atoms with E-state index in [-0.39, 0.29) is 5.91 Å². The van der Waals surface area contributed by atoms with Gasteiger partial charge in [-0.2, -0.15) is 5.10 Å². The van der Waals surface area contributed by atoms with Crippen LogP contribution in [-0.4, -0.2) is 47.2 Å². The molecule has 1 aromatic heterocycles. The molecule has 1 aliphatic rings. The second kappa shape index (κ2) is 7.28. The van der Waals surface area contributed by atoms with Gasteiger partial charge in [-0.15, -0.1) is 0 Å². The van der Waals surface area contributed by atoms with Gasteiger partial charge >= 0.3 is 0 Å². The predicted octanol–water partition coefficient (Wildman–Crippen LogP) is 1.38. The zero-order valence-electron chi connectivity index (χ0n) is 12.2. The molecule has 6 nitrogen and oxygen atoms in total. The van der Waals surface area contributed by atoms with Gasteiger partial charge in [0.05, 0.1) is 0 Å². The minimum absolute atomic E-state index is 0.144. The number of carbonyl (C=O) groups excluding carboxylic acids is 1. The average Bonchev–Trinajstić information content (AvgIpc) is 2.91. The van der Waals surface area contributed by atoms with E-state index in [9.17, 15) is 4.79 Å². The summed E-state index contributed by atoms with van der Waals surface area (Å²) in [4.78, 5) is 14.2. The van der Waals surface area contributed by atoms with Crippen LogP contribution in [0.25, 0.3) is 0 Å². The lowest BCUT2D eigenvalue weighted by Gasteiger charge is -2.31. The summed E-state index contributed by atoms with van der Waals surface area (Å²) in [7, 11) is 2.19. The van der Waals surface area contributed by atoms with E-state index >= 15 is 0 Å². The molecule has 0 bridgehead atoms. The summed E-state index contributed by atoms with van der Waals surface area (Å²) >= 11 is 0. The van der Waals surface area contributed by atoms with Gasteiger partial charge in [0, 0.05) is 18.7 Å². The molecule has 1 fully saturated rings. The van der Waals surface area contributed by atoms with Crippen molar-refractivity contribution in [3.05, 3.63) is 11.8 Å². The molecular formula is C14H25N5O. The molecule has 112 valence electrons. The zero-order valence-corrected chi connectivity index (χ0v) is 12.2. The topological polar surface area (TPSA) is 87.0 Å². The molecule has 1 amide bonds. The third-order valence-corrected chi connectivity index (χ3v) is 4.01. The first-order valence-corrected chi connectivity index (χ1v) is 7.46. The van der Waals surface area contributed by atoms with Crippen LogP contribution in [-0.2, 0) is 0 Å². The number of nitrogen functional groups attached to an aromatic ring is 1. The number of H-pyrrole nitrogens is 1. The molecule has 0 radical (unpaired) electrons. The monoisotopic (exact) mass is 279 g/mol. The Morgan fingerprint density at radius 2 is 2.25 bits per heavy atom. The third-order valence-electron chi connectivity index (χ3n) is 4.01. The molecule has 6 heteroatoms. The standard InChI is InChI=1S/C14H25N5O/c1-19(11-6-3-2-4-7-11)9-5-8-16-14(20)12-10-13(15)18-17-12/h10-11H,2-9H2,1H3,(H,16,20)(H3,15,17,18). The van der Waals surface area contributed by atoms with Crippen molar-refractivity contribution in [2.45, 2.75) is 44.6 Å². The van der Waals surface area contributed by atoms with E-state index in [4.69, 9.17) is 5.73 Å². The number of nitrogens with two attached hydrogens (primary N) is 1. The highest BCUT2D eigenvalue weighted by molar-refractivity contribution is 5.92. The summed E-state index contributed by atoms with van der Waals surface area (Å²) in [5.41, 5.74) is 5.88. The van der Waals surface area contributed by atoms with E-state index in [2.05, 4.69) is 27.5 Å². The number of hydrogen-bond donors (Lipinski definition) is 3. The van der Waals surface area contributed by atoms with Gasteiger partial charge in [0.25, 0.3) is 5.91 Å². The molecule has 1 aliphatic carbocycles. The lowest BCUT2D eigenvalue weighted by atomic mass is 9.94. The quantitative estimate of drug-likeness (QED) is 0.686. The summed E-state index contributed by atoms with van der Waals surface area (Å²) in [5, 5.41) is 9.23. The van der Waals surface area contributed by atoms with Crippen molar-refractivity contribution in [2.75, 3.05) is 25.9 Å². The molecule has 1 aromatic rings. The van der Waals surface area contributed by atoms with Crippen LogP contribution in [0, 0.1) is 0 Å². The molecule has 0 saturated heterocycles. The first kappa shape index (κ1) is 14.8. The average molecular weight is 279 g/mol. The van der Waals surface area contributed by atoms with Gasteiger partial charge in [0.15, 0.2) is 0 Å². The van der Waals surface area contributed by atoms with Crippen molar-refractivity contribution in [3.8, 4) is 0 Å². The number of nitrogens with zero attached hydrogens (tertiary/aromatic N) is 2. The summed E-state index contributed by atoms with van der Waals surface area (Å²) in [6.07, 6.45) is 7.68. The number of anilines is 1. The second-order valence-electron chi connectivity index (χ2n) is 5.59. The van der Waals surface area contributed by atoms with Crippen molar-refractivity contribution >= 4 is 11.7 Å². The predicted molar refractivity (Wildman–Crippen MR) is 79.5 cm³/mol. The van der Waals surface area contributed by atoms with Crippen molar-refractivity contribution in [1.82, 2.24) is 20.4 Å². The van der Waals surface area contributed by atoms with E-state index in [1.165, 1.54) is 32.1 Å². The lowest BCUT2D eigenvalue weighted by Crippen LogP contribution is -2.35. The summed E-state index contributed by atoms with van der Waals surface area (Å²) in [6.45, 7) is 1.70. The fraction of sp³-hybridized carbons (Fsp3) is 0.714. The van der Waals surface area contributed by atoms with Crippen LogP contribution in [0.4, 0.5) is 5.82 Å². The highest BCUT2D eigenvalue weighted by Crippen LogP contribution is 2.21.